The van der Waals surface area contributed by atoms with Crippen molar-refractivity contribution in [1.82, 2.24) is 0 Å². The molecule has 1 aliphatic rings. The van der Waals surface area contributed by atoms with E-state index < -0.39 is 11.6 Å². The summed E-state index contributed by atoms with van der Waals surface area (Å²) in [6, 6.07) is 10.5. The van der Waals surface area contributed by atoms with Gasteiger partial charge in [-0.25, -0.2) is 4.39 Å². The molecule has 1 atom stereocenters. The highest BCUT2D eigenvalue weighted by Crippen LogP contribution is 2.33. The predicted octanol–water partition coefficient (Wildman–Crippen LogP) is 7.00. The lowest BCUT2D eigenvalue weighted by molar-refractivity contribution is 0.0598. The first kappa shape index (κ1) is 20.5. The van der Waals surface area contributed by atoms with E-state index in [0.717, 1.165) is 18.4 Å². The lowest BCUT2D eigenvalue weighted by Gasteiger charge is -2.23. The Balaban J connectivity index is 1.69. The SMILES string of the molecule is CCCCCC1=CCC(c2ccc(-c3ccc(OCC)c(F)c3F)cc2)OC1. The number of unbranched alkanes of at least 4 members (excludes halogenated alkanes) is 2. The standard InChI is InChI=1S/C24H28F2O2/c1-3-5-6-7-17-8-14-21(28-16-17)19-11-9-18(10-12-19)20-13-15-22(27-4-2)24(26)23(20)25/h8-13,15,21H,3-7,14,16H2,1-2H3. The first-order chi connectivity index (χ1) is 13.6. The maximum Gasteiger partial charge on any atom is 0.201 e. The molecule has 0 aliphatic carbocycles. The van der Waals surface area contributed by atoms with Crippen LogP contribution in [-0.2, 0) is 4.74 Å². The number of benzene rings is 2. The largest absolute Gasteiger partial charge is 0.491 e. The Hall–Kier alpha value is -2.20. The highest BCUT2D eigenvalue weighted by atomic mass is 19.2. The third-order valence-corrected chi connectivity index (χ3v) is 5.13. The zero-order chi connectivity index (χ0) is 19.9. The molecule has 2 nitrogen and oxygen atoms in total. The van der Waals surface area contributed by atoms with E-state index in [1.807, 2.05) is 24.3 Å². The van der Waals surface area contributed by atoms with Crippen molar-refractivity contribution in [3.8, 4) is 16.9 Å². The van der Waals surface area contributed by atoms with Crippen molar-refractivity contribution in [3.63, 3.8) is 0 Å². The quantitative estimate of drug-likeness (QED) is 0.359. The minimum atomic E-state index is -0.945. The van der Waals surface area contributed by atoms with E-state index in [-0.39, 0.29) is 17.4 Å². The Bertz CT molecular complexity index is 812. The van der Waals surface area contributed by atoms with Gasteiger partial charge < -0.3 is 9.47 Å². The maximum absolute atomic E-state index is 14.4. The van der Waals surface area contributed by atoms with Gasteiger partial charge in [0, 0.05) is 5.56 Å². The van der Waals surface area contributed by atoms with Crippen molar-refractivity contribution >= 4 is 0 Å². The molecule has 28 heavy (non-hydrogen) atoms. The van der Waals surface area contributed by atoms with Gasteiger partial charge in [0.15, 0.2) is 11.6 Å². The average molecular weight is 386 g/mol. The molecule has 0 bridgehead atoms. The van der Waals surface area contributed by atoms with E-state index in [1.165, 1.54) is 30.9 Å². The number of halogens is 2. The molecule has 1 aliphatic heterocycles. The maximum atomic E-state index is 14.4. The van der Waals surface area contributed by atoms with Crippen LogP contribution in [0.1, 0.15) is 57.6 Å². The fourth-order valence-corrected chi connectivity index (χ4v) is 3.52. The number of hydrogen-bond donors (Lipinski definition) is 0. The van der Waals surface area contributed by atoms with Crippen molar-refractivity contribution in [3.05, 3.63) is 65.2 Å². The van der Waals surface area contributed by atoms with Crippen LogP contribution in [-0.4, -0.2) is 13.2 Å². The number of rotatable bonds is 8. The second-order valence-corrected chi connectivity index (χ2v) is 7.15. The molecule has 0 saturated carbocycles. The molecule has 4 heteroatoms. The second-order valence-electron chi connectivity index (χ2n) is 7.15. The van der Waals surface area contributed by atoms with E-state index >= 15 is 0 Å². The van der Waals surface area contributed by atoms with Gasteiger partial charge in [0.05, 0.1) is 19.3 Å². The third-order valence-electron chi connectivity index (χ3n) is 5.13. The van der Waals surface area contributed by atoms with E-state index in [2.05, 4.69) is 13.0 Å². The Morgan fingerprint density at radius 2 is 1.79 bits per heavy atom. The molecule has 0 saturated heterocycles. The van der Waals surface area contributed by atoms with Gasteiger partial charge in [0.25, 0.3) is 0 Å². The van der Waals surface area contributed by atoms with Gasteiger partial charge in [-0.1, -0.05) is 50.1 Å². The van der Waals surface area contributed by atoms with Crippen LogP contribution in [0, 0.1) is 11.6 Å². The number of ether oxygens (including phenoxy) is 2. The summed E-state index contributed by atoms with van der Waals surface area (Å²) in [6.07, 6.45) is 7.97. The van der Waals surface area contributed by atoms with E-state index in [1.54, 1.807) is 13.0 Å². The van der Waals surface area contributed by atoms with Gasteiger partial charge in [-0.15, -0.1) is 0 Å². The van der Waals surface area contributed by atoms with Crippen LogP contribution >= 0.6 is 0 Å². The van der Waals surface area contributed by atoms with Gasteiger partial charge in [-0.05, 0) is 55.0 Å². The van der Waals surface area contributed by atoms with Crippen LogP contribution in [0.2, 0.25) is 0 Å². The van der Waals surface area contributed by atoms with Gasteiger partial charge in [0.1, 0.15) is 0 Å². The average Bonchev–Trinajstić information content (AvgIpc) is 2.73. The lowest BCUT2D eigenvalue weighted by Crippen LogP contribution is -2.12. The van der Waals surface area contributed by atoms with Gasteiger partial charge >= 0.3 is 0 Å². The summed E-state index contributed by atoms with van der Waals surface area (Å²) in [6.45, 7) is 4.91. The summed E-state index contributed by atoms with van der Waals surface area (Å²) in [5.41, 5.74) is 3.30. The molecule has 0 spiro atoms. The Morgan fingerprint density at radius 1 is 1.00 bits per heavy atom. The smallest absolute Gasteiger partial charge is 0.201 e. The molecule has 1 heterocycles. The van der Waals surface area contributed by atoms with Crippen molar-refractivity contribution < 1.29 is 18.3 Å². The Labute approximate surface area is 166 Å². The van der Waals surface area contributed by atoms with Crippen molar-refractivity contribution in [2.24, 2.45) is 0 Å². The number of hydrogen-bond acceptors (Lipinski definition) is 2. The summed E-state index contributed by atoms with van der Waals surface area (Å²) in [5, 5.41) is 0. The van der Waals surface area contributed by atoms with E-state index in [0.29, 0.717) is 18.8 Å². The summed E-state index contributed by atoms with van der Waals surface area (Å²) in [5.74, 6) is -1.88. The van der Waals surface area contributed by atoms with Gasteiger partial charge in [0.2, 0.25) is 5.82 Å². The van der Waals surface area contributed by atoms with Crippen LogP contribution < -0.4 is 4.74 Å². The predicted molar refractivity (Wildman–Crippen MR) is 108 cm³/mol. The molecule has 1 unspecified atom stereocenters. The molecule has 0 fully saturated rings. The summed E-state index contributed by atoms with van der Waals surface area (Å²) in [4.78, 5) is 0. The molecule has 2 aromatic rings. The Morgan fingerprint density at radius 3 is 2.43 bits per heavy atom. The molecular formula is C24H28F2O2. The fourth-order valence-electron chi connectivity index (χ4n) is 3.52. The van der Waals surface area contributed by atoms with Crippen LogP contribution in [0.3, 0.4) is 0 Å². The minimum Gasteiger partial charge on any atom is -0.491 e. The summed E-state index contributed by atoms with van der Waals surface area (Å²) in [7, 11) is 0. The topological polar surface area (TPSA) is 18.5 Å². The zero-order valence-corrected chi connectivity index (χ0v) is 16.6. The van der Waals surface area contributed by atoms with Gasteiger partial charge in [-0.3, -0.25) is 0 Å². The molecule has 150 valence electrons. The summed E-state index contributed by atoms with van der Waals surface area (Å²) < 4.78 is 39.7. The summed E-state index contributed by atoms with van der Waals surface area (Å²) >= 11 is 0. The van der Waals surface area contributed by atoms with Crippen LogP contribution in [0.5, 0.6) is 5.75 Å². The lowest BCUT2D eigenvalue weighted by atomic mass is 9.97. The van der Waals surface area contributed by atoms with Crippen molar-refractivity contribution in [2.45, 2.75) is 52.1 Å². The second kappa shape index (κ2) is 9.83. The molecule has 0 amide bonds. The van der Waals surface area contributed by atoms with Crippen LogP contribution in [0.4, 0.5) is 8.78 Å². The van der Waals surface area contributed by atoms with Crippen LogP contribution in [0.15, 0.2) is 48.0 Å². The highest BCUT2D eigenvalue weighted by Gasteiger charge is 2.18. The fraction of sp³-hybridized carbons (Fsp3) is 0.417. The third kappa shape index (κ3) is 4.79. The molecular weight excluding hydrogens is 358 g/mol. The highest BCUT2D eigenvalue weighted by molar-refractivity contribution is 5.65. The molecule has 0 radical (unpaired) electrons. The molecule has 0 aromatic heterocycles. The molecule has 2 aromatic carbocycles. The minimum absolute atomic E-state index is 0.0193. The molecule has 0 N–H and O–H groups in total. The Kier molecular flexibility index (Phi) is 7.21. The first-order valence-corrected chi connectivity index (χ1v) is 10.1. The first-order valence-electron chi connectivity index (χ1n) is 10.1. The van der Waals surface area contributed by atoms with Gasteiger partial charge in [-0.2, -0.15) is 4.39 Å². The monoisotopic (exact) mass is 386 g/mol. The van der Waals surface area contributed by atoms with Crippen LogP contribution in [0.25, 0.3) is 11.1 Å². The normalized spacial score (nSPS) is 16.7. The molecule has 3 rings (SSSR count). The zero-order valence-electron chi connectivity index (χ0n) is 16.6. The van der Waals surface area contributed by atoms with E-state index in [9.17, 15) is 8.78 Å². The van der Waals surface area contributed by atoms with Crippen molar-refractivity contribution in [2.75, 3.05) is 13.2 Å². The van der Waals surface area contributed by atoms with E-state index in [4.69, 9.17) is 9.47 Å². The van der Waals surface area contributed by atoms with Crippen molar-refractivity contribution in [1.29, 1.82) is 0 Å².